The summed E-state index contributed by atoms with van der Waals surface area (Å²) in [5.41, 5.74) is 6.04. The fourth-order valence-corrected chi connectivity index (χ4v) is 4.61. The van der Waals surface area contributed by atoms with Gasteiger partial charge in [0.05, 0.1) is 5.75 Å². The highest BCUT2D eigenvalue weighted by atomic mass is 32.2. The van der Waals surface area contributed by atoms with E-state index in [1.165, 1.54) is 0 Å². The minimum atomic E-state index is -3.15. The van der Waals surface area contributed by atoms with E-state index in [0.29, 0.717) is 44.8 Å². The number of sulfonamides is 1. The van der Waals surface area contributed by atoms with Crippen molar-refractivity contribution in [2.75, 3.05) is 32.4 Å². The molecule has 1 rings (SSSR count). The quantitative estimate of drug-likeness (QED) is 0.677. The average molecular weight is 362 g/mol. The lowest BCUT2D eigenvalue weighted by Gasteiger charge is -2.33. The Bertz CT molecular complexity index is 485. The molecule has 6 nitrogen and oxygen atoms in total. The van der Waals surface area contributed by atoms with Gasteiger partial charge in [0.2, 0.25) is 15.9 Å². The average Bonchev–Trinajstić information content (AvgIpc) is 2.56. The van der Waals surface area contributed by atoms with Gasteiger partial charge in [-0.15, -0.1) is 0 Å². The Kier molecular flexibility index (Phi) is 8.67. The van der Waals surface area contributed by atoms with Gasteiger partial charge in [-0.25, -0.2) is 12.7 Å². The van der Waals surface area contributed by atoms with E-state index in [-0.39, 0.29) is 23.6 Å². The van der Waals surface area contributed by atoms with Crippen LogP contribution >= 0.6 is 0 Å². The van der Waals surface area contributed by atoms with Gasteiger partial charge in [-0.05, 0) is 31.6 Å². The molecule has 0 spiro atoms. The van der Waals surface area contributed by atoms with E-state index in [2.05, 4.69) is 13.8 Å². The molecule has 0 aromatic carbocycles. The van der Waals surface area contributed by atoms with E-state index in [4.69, 9.17) is 5.73 Å². The minimum absolute atomic E-state index is 0.0668. The van der Waals surface area contributed by atoms with E-state index in [1.54, 1.807) is 9.21 Å². The molecule has 0 saturated carbocycles. The van der Waals surface area contributed by atoms with Gasteiger partial charge in [-0.2, -0.15) is 0 Å². The second-order valence-electron chi connectivity index (χ2n) is 7.30. The lowest BCUT2D eigenvalue weighted by atomic mass is 9.96. The molecule has 0 aliphatic carbocycles. The first-order valence-electron chi connectivity index (χ1n) is 9.17. The number of rotatable bonds is 9. The normalized spacial score (nSPS) is 18.8. The van der Waals surface area contributed by atoms with Crippen LogP contribution in [-0.4, -0.2) is 62.0 Å². The Morgan fingerprint density at radius 1 is 1.29 bits per heavy atom. The van der Waals surface area contributed by atoms with Gasteiger partial charge in [0.15, 0.2) is 0 Å². The van der Waals surface area contributed by atoms with Gasteiger partial charge in [-0.3, -0.25) is 4.79 Å². The fraction of sp³-hybridized carbons (Fsp3) is 0.941. The number of amides is 1. The highest BCUT2D eigenvalue weighted by molar-refractivity contribution is 7.89. The first-order chi connectivity index (χ1) is 11.2. The molecule has 1 aliphatic heterocycles. The number of piperidine rings is 1. The van der Waals surface area contributed by atoms with Gasteiger partial charge in [0.1, 0.15) is 0 Å². The Labute approximate surface area is 147 Å². The number of nitrogens with two attached hydrogens (primary N) is 1. The van der Waals surface area contributed by atoms with Crippen LogP contribution in [-0.2, 0) is 14.8 Å². The zero-order chi connectivity index (χ0) is 18.3. The summed E-state index contributed by atoms with van der Waals surface area (Å²) in [6.07, 6.45) is 3.59. The maximum atomic E-state index is 12.5. The number of hydrogen-bond acceptors (Lipinski definition) is 4. The van der Waals surface area contributed by atoms with Crippen LogP contribution in [0.4, 0.5) is 0 Å². The van der Waals surface area contributed by atoms with Gasteiger partial charge in [-0.1, -0.05) is 27.2 Å². The second-order valence-corrected chi connectivity index (χ2v) is 9.39. The predicted molar refractivity (Wildman–Crippen MR) is 98.1 cm³/mol. The first kappa shape index (κ1) is 21.4. The van der Waals surface area contributed by atoms with Crippen molar-refractivity contribution in [1.29, 1.82) is 0 Å². The molecule has 0 radical (unpaired) electrons. The van der Waals surface area contributed by atoms with Gasteiger partial charge in [0.25, 0.3) is 0 Å². The van der Waals surface area contributed by atoms with Crippen LogP contribution in [0.3, 0.4) is 0 Å². The van der Waals surface area contributed by atoms with E-state index in [9.17, 15) is 13.2 Å². The molecule has 1 saturated heterocycles. The summed E-state index contributed by atoms with van der Waals surface area (Å²) in [5, 5.41) is 0. The largest absolute Gasteiger partial charge is 0.345 e. The maximum absolute atomic E-state index is 12.5. The van der Waals surface area contributed by atoms with Crippen LogP contribution in [0.1, 0.15) is 52.9 Å². The smallest absolute Gasteiger partial charge is 0.225 e. The monoisotopic (exact) mass is 361 g/mol. The van der Waals surface area contributed by atoms with E-state index in [1.807, 2.05) is 14.0 Å². The fourth-order valence-electron chi connectivity index (χ4n) is 2.93. The number of carbonyl (C=O) groups is 1. The summed E-state index contributed by atoms with van der Waals surface area (Å²) >= 11 is 0. The highest BCUT2D eigenvalue weighted by Crippen LogP contribution is 2.22. The summed E-state index contributed by atoms with van der Waals surface area (Å²) in [7, 11) is -1.33. The molecule has 1 amide bonds. The van der Waals surface area contributed by atoms with Gasteiger partial charge in [0, 0.05) is 38.6 Å². The Hall–Kier alpha value is -0.660. The second kappa shape index (κ2) is 9.73. The topological polar surface area (TPSA) is 83.7 Å². The molecule has 142 valence electrons. The third-order valence-electron chi connectivity index (χ3n) is 4.98. The van der Waals surface area contributed by atoms with Crippen molar-refractivity contribution in [1.82, 2.24) is 9.21 Å². The van der Waals surface area contributed by atoms with E-state index < -0.39 is 10.0 Å². The van der Waals surface area contributed by atoms with E-state index in [0.717, 1.165) is 12.8 Å². The van der Waals surface area contributed by atoms with Crippen molar-refractivity contribution in [3.05, 3.63) is 0 Å². The molecule has 1 unspecified atom stereocenters. The number of carbonyl (C=O) groups excluding carboxylic acids is 1. The van der Waals surface area contributed by atoms with Crippen LogP contribution in [0, 0.1) is 11.8 Å². The molecule has 0 bridgehead atoms. The Balaban J connectivity index is 2.45. The van der Waals surface area contributed by atoms with Crippen molar-refractivity contribution >= 4 is 15.9 Å². The Morgan fingerprint density at radius 3 is 2.38 bits per heavy atom. The molecule has 1 aliphatic rings. The van der Waals surface area contributed by atoms with Crippen molar-refractivity contribution in [2.45, 2.75) is 58.9 Å². The molecule has 0 aromatic rings. The summed E-state index contributed by atoms with van der Waals surface area (Å²) in [6.45, 7) is 7.74. The zero-order valence-electron chi connectivity index (χ0n) is 15.7. The Morgan fingerprint density at radius 2 is 1.88 bits per heavy atom. The molecule has 24 heavy (non-hydrogen) atoms. The SMILES string of the molecule is CCCCS(=O)(=O)N1CCC(C(=O)N(C)CCC(N)C(C)C)CC1. The molecule has 1 fully saturated rings. The van der Waals surface area contributed by atoms with Crippen LogP contribution in [0.2, 0.25) is 0 Å². The van der Waals surface area contributed by atoms with Crippen LogP contribution in [0.15, 0.2) is 0 Å². The summed E-state index contributed by atoms with van der Waals surface area (Å²) in [5.74, 6) is 0.680. The summed E-state index contributed by atoms with van der Waals surface area (Å²) in [4.78, 5) is 14.3. The van der Waals surface area contributed by atoms with Crippen molar-refractivity contribution in [3.8, 4) is 0 Å². The van der Waals surface area contributed by atoms with Crippen LogP contribution in [0.5, 0.6) is 0 Å². The van der Waals surface area contributed by atoms with E-state index >= 15 is 0 Å². The summed E-state index contributed by atoms with van der Waals surface area (Å²) in [6, 6.07) is 0.103. The number of nitrogens with zero attached hydrogens (tertiary/aromatic N) is 2. The molecule has 1 heterocycles. The van der Waals surface area contributed by atoms with Crippen molar-refractivity contribution < 1.29 is 13.2 Å². The molecule has 2 N–H and O–H groups in total. The molecule has 0 aromatic heterocycles. The number of unbranched alkanes of at least 4 members (excludes halogenated alkanes) is 1. The molecule has 1 atom stereocenters. The van der Waals surface area contributed by atoms with Crippen molar-refractivity contribution in [2.24, 2.45) is 17.6 Å². The molecular weight excluding hydrogens is 326 g/mol. The molecular formula is C17H35N3O3S. The van der Waals surface area contributed by atoms with Gasteiger partial charge < -0.3 is 10.6 Å². The molecule has 7 heteroatoms. The van der Waals surface area contributed by atoms with Crippen LogP contribution < -0.4 is 5.73 Å². The standard InChI is InChI=1S/C17H35N3O3S/c1-5-6-13-24(22,23)20-11-7-15(8-12-20)17(21)19(4)10-9-16(18)14(2)3/h14-16H,5-13,18H2,1-4H3. The van der Waals surface area contributed by atoms with Crippen molar-refractivity contribution in [3.63, 3.8) is 0 Å². The van der Waals surface area contributed by atoms with Crippen LogP contribution in [0.25, 0.3) is 0 Å². The minimum Gasteiger partial charge on any atom is -0.345 e. The van der Waals surface area contributed by atoms with Gasteiger partial charge >= 0.3 is 0 Å². The number of hydrogen-bond donors (Lipinski definition) is 1. The third kappa shape index (κ3) is 6.33. The third-order valence-corrected chi connectivity index (χ3v) is 6.94. The predicted octanol–water partition coefficient (Wildman–Crippen LogP) is 1.66. The zero-order valence-corrected chi connectivity index (χ0v) is 16.5. The lowest BCUT2D eigenvalue weighted by Crippen LogP contribution is -2.44. The highest BCUT2D eigenvalue weighted by Gasteiger charge is 2.31. The maximum Gasteiger partial charge on any atom is 0.225 e. The summed E-state index contributed by atoms with van der Waals surface area (Å²) < 4.78 is 26.0. The lowest BCUT2D eigenvalue weighted by molar-refractivity contribution is -0.135. The first-order valence-corrected chi connectivity index (χ1v) is 10.8.